The molecule has 0 N–H and O–H groups in total. The number of aryl methyl sites for hydroxylation is 1. The van der Waals surface area contributed by atoms with Gasteiger partial charge in [0.1, 0.15) is 0 Å². The monoisotopic (exact) mass is 660 g/mol. The summed E-state index contributed by atoms with van der Waals surface area (Å²) in [5, 5.41) is 0. The number of unbranched alkanes of at least 4 members (excludes halogenated alkanes) is 22. The molecule has 0 spiro atoms. The predicted molar refractivity (Wildman–Crippen MR) is 176 cm³/mol. The molecule has 0 heterocycles. The molecule has 0 unspecified atom stereocenters. The van der Waals surface area contributed by atoms with Crippen molar-refractivity contribution in [3.63, 3.8) is 0 Å². The van der Waals surface area contributed by atoms with Crippen molar-refractivity contribution in [1.29, 1.82) is 0 Å². The maximum Gasteiger partial charge on any atom is 2.00 e. The molecule has 0 bridgehead atoms. The summed E-state index contributed by atoms with van der Waals surface area (Å²) in [6.45, 7) is 4.56. The van der Waals surface area contributed by atoms with E-state index in [1.54, 1.807) is 0 Å². The van der Waals surface area contributed by atoms with Crippen LogP contribution in [0.5, 0.6) is 0 Å². The van der Waals surface area contributed by atoms with Crippen molar-refractivity contribution in [3.8, 4) is 0 Å². The van der Waals surface area contributed by atoms with Gasteiger partial charge in [0, 0.05) is 4.90 Å². The third kappa shape index (κ3) is 24.2. The largest absolute Gasteiger partial charge is 2.00 e. The van der Waals surface area contributed by atoms with E-state index in [0.717, 1.165) is 35.5 Å². The summed E-state index contributed by atoms with van der Waals surface area (Å²) < 4.78 is 0. The third-order valence-corrected chi connectivity index (χ3v) is 10.8. The van der Waals surface area contributed by atoms with Crippen molar-refractivity contribution < 1.29 is 29.3 Å². The molecule has 0 amide bonds. The molecule has 0 saturated carbocycles. The molecule has 2 nitrogen and oxygen atoms in total. The Balaban J connectivity index is 0.0000152. The Labute approximate surface area is 271 Å². The molecule has 6 heteroatoms. The molecule has 0 radical (unpaired) electrons. The number of benzene rings is 1. The van der Waals surface area contributed by atoms with Gasteiger partial charge in [-0.25, -0.2) is 0 Å². The standard InChI is InChI=1S/C34H63O2PS2.Zn/c1-3-5-7-9-11-13-15-17-19-21-23-25-28-32-29-27-31-34(39-37(35,36)38)33(32)30-26-24-22-20-18-16-14-12-10-8-6-4-2;/h27,29,31H,3-26,28,30H2,1-2H3,(H2,35,36,38);/q;+2/p-2. The average molecular weight is 662 g/mol. The first kappa shape index (κ1) is 40.8. The summed E-state index contributed by atoms with van der Waals surface area (Å²) in [6.07, 6.45) is 34.4. The second kappa shape index (κ2) is 28.5. The Bertz CT molecular complexity index is 741. The molecule has 1 aromatic rings. The van der Waals surface area contributed by atoms with Gasteiger partial charge in [0.15, 0.2) is 0 Å². The maximum atomic E-state index is 11.9. The Hall–Kier alpha value is 0.763. The fraction of sp³-hybridized carbons (Fsp3) is 0.824. The first-order valence-electron chi connectivity index (χ1n) is 16.8. The van der Waals surface area contributed by atoms with Crippen LogP contribution in [0.1, 0.15) is 179 Å². The smallest absolute Gasteiger partial charge is 0.824 e. The van der Waals surface area contributed by atoms with Gasteiger partial charge < -0.3 is 9.79 Å². The van der Waals surface area contributed by atoms with Gasteiger partial charge in [0.25, 0.3) is 0 Å². The van der Waals surface area contributed by atoms with E-state index in [9.17, 15) is 9.79 Å². The zero-order valence-corrected chi connectivity index (χ0v) is 31.9. The second-order valence-corrected chi connectivity index (χ2v) is 17.4. The molecular formula is C34H61O2PS2Zn. The van der Waals surface area contributed by atoms with Crippen molar-refractivity contribution in [2.75, 3.05) is 0 Å². The molecule has 40 heavy (non-hydrogen) atoms. The zero-order chi connectivity index (χ0) is 28.4. The van der Waals surface area contributed by atoms with E-state index in [0.29, 0.717) is 0 Å². The van der Waals surface area contributed by atoms with Gasteiger partial charge in [-0.05, 0) is 42.9 Å². The second-order valence-electron chi connectivity index (χ2n) is 11.7. The van der Waals surface area contributed by atoms with E-state index < -0.39 is 5.69 Å². The molecule has 0 atom stereocenters. The average Bonchev–Trinajstić information content (AvgIpc) is 2.90. The third-order valence-electron chi connectivity index (χ3n) is 8.02. The molecule has 1 rings (SSSR count). The molecule has 0 aliphatic rings. The van der Waals surface area contributed by atoms with E-state index >= 15 is 0 Å². The molecule has 0 aromatic heterocycles. The molecule has 0 saturated heterocycles. The van der Waals surface area contributed by atoms with Gasteiger partial charge in [-0.2, -0.15) is 5.69 Å². The van der Waals surface area contributed by atoms with Crippen LogP contribution in [0.3, 0.4) is 0 Å². The van der Waals surface area contributed by atoms with Gasteiger partial charge in [-0.3, -0.25) is 0 Å². The molecule has 228 valence electrons. The number of hydrogen-bond donors (Lipinski definition) is 0. The van der Waals surface area contributed by atoms with Gasteiger partial charge in [-0.15, -0.1) is 23.2 Å². The van der Waals surface area contributed by atoms with E-state index in [4.69, 9.17) is 11.8 Å². The fourth-order valence-corrected chi connectivity index (χ4v) is 8.32. The fourth-order valence-electron chi connectivity index (χ4n) is 5.63. The Morgan fingerprint density at radius 3 is 1.27 bits per heavy atom. The Morgan fingerprint density at radius 2 is 0.900 bits per heavy atom. The molecule has 0 fully saturated rings. The van der Waals surface area contributed by atoms with Crippen molar-refractivity contribution >= 4 is 28.9 Å². The van der Waals surface area contributed by atoms with Crippen molar-refractivity contribution in [2.24, 2.45) is 0 Å². The van der Waals surface area contributed by atoms with Gasteiger partial charge >= 0.3 is 19.5 Å². The van der Waals surface area contributed by atoms with Crippen LogP contribution in [0.2, 0.25) is 0 Å². The van der Waals surface area contributed by atoms with E-state index in [1.165, 1.54) is 159 Å². The van der Waals surface area contributed by atoms with Crippen LogP contribution in [-0.4, -0.2) is 0 Å². The van der Waals surface area contributed by atoms with Crippen LogP contribution in [0.15, 0.2) is 23.1 Å². The van der Waals surface area contributed by atoms with Crippen LogP contribution in [-0.2, 0) is 44.1 Å². The number of hydrogen-bond acceptors (Lipinski definition) is 4. The summed E-state index contributed by atoms with van der Waals surface area (Å²) in [5.41, 5.74) is -1.22. The summed E-state index contributed by atoms with van der Waals surface area (Å²) in [7, 11) is 0. The van der Waals surface area contributed by atoms with E-state index in [1.807, 2.05) is 12.1 Å². The van der Waals surface area contributed by atoms with Crippen LogP contribution in [0, 0.1) is 0 Å². The van der Waals surface area contributed by atoms with Crippen molar-refractivity contribution in [2.45, 2.75) is 186 Å². The quantitative estimate of drug-likeness (QED) is 0.0509. The molecule has 0 aliphatic heterocycles. The molecule has 1 aromatic carbocycles. The minimum atomic E-state index is -3.81. The van der Waals surface area contributed by atoms with Crippen molar-refractivity contribution in [3.05, 3.63) is 29.3 Å². The van der Waals surface area contributed by atoms with Crippen LogP contribution in [0.25, 0.3) is 0 Å². The zero-order valence-electron chi connectivity index (χ0n) is 26.4. The summed E-state index contributed by atoms with van der Waals surface area (Å²) >= 11 is 5.66. The summed E-state index contributed by atoms with van der Waals surface area (Å²) in [4.78, 5) is 24.7. The predicted octanol–water partition coefficient (Wildman–Crippen LogP) is 11.2. The molecular weight excluding hydrogens is 601 g/mol. The number of rotatable bonds is 28. The first-order chi connectivity index (χ1) is 19.0. The van der Waals surface area contributed by atoms with Gasteiger partial charge in [0.05, 0.1) is 0 Å². The Kier molecular flexibility index (Phi) is 29.1. The minimum Gasteiger partial charge on any atom is -0.824 e. The van der Waals surface area contributed by atoms with Crippen LogP contribution in [0.4, 0.5) is 0 Å². The Morgan fingerprint density at radius 1 is 0.550 bits per heavy atom. The minimum absolute atomic E-state index is 0. The van der Waals surface area contributed by atoms with Crippen LogP contribution >= 0.6 is 17.1 Å². The van der Waals surface area contributed by atoms with Crippen LogP contribution < -0.4 is 9.79 Å². The first-order valence-corrected chi connectivity index (χ1v) is 20.9. The topological polar surface area (TPSA) is 46.1 Å². The summed E-state index contributed by atoms with van der Waals surface area (Å²) in [5.74, 6) is 0. The van der Waals surface area contributed by atoms with E-state index in [2.05, 4.69) is 19.9 Å². The molecule has 0 aliphatic carbocycles. The van der Waals surface area contributed by atoms with E-state index in [-0.39, 0.29) is 19.5 Å². The normalized spacial score (nSPS) is 11.6. The maximum absolute atomic E-state index is 11.9. The summed E-state index contributed by atoms with van der Waals surface area (Å²) in [6, 6.07) is 6.20. The SMILES string of the molecule is CCCCCCCCCCCCCCc1cccc(SP([O-])([O-])=S)c1CCCCCCCCCCCCCC.[Zn+2]. The van der Waals surface area contributed by atoms with Gasteiger partial charge in [0.2, 0.25) is 0 Å². The van der Waals surface area contributed by atoms with Crippen molar-refractivity contribution in [1.82, 2.24) is 0 Å². The van der Waals surface area contributed by atoms with Gasteiger partial charge in [-0.1, -0.05) is 167 Å².